The number of aliphatic imine (C=N–C) groups is 1. The van der Waals surface area contributed by atoms with Crippen molar-refractivity contribution in [3.8, 4) is 5.75 Å². The number of methoxy groups -OCH3 is 1. The van der Waals surface area contributed by atoms with Crippen LogP contribution in [-0.4, -0.2) is 19.2 Å². The SMILES string of the molecule is COc1ccc(N=CC2C(=O)Nc3ccc(F)cc32)cc1F. The van der Waals surface area contributed by atoms with Gasteiger partial charge in [0.1, 0.15) is 11.7 Å². The number of fused-ring (bicyclic) bond motifs is 1. The number of rotatable bonds is 3. The Hall–Kier alpha value is -2.76. The quantitative estimate of drug-likeness (QED) is 0.883. The van der Waals surface area contributed by atoms with E-state index in [9.17, 15) is 13.6 Å². The van der Waals surface area contributed by atoms with E-state index in [2.05, 4.69) is 10.3 Å². The molecule has 6 heteroatoms. The molecule has 1 unspecified atom stereocenters. The van der Waals surface area contributed by atoms with Crippen LogP contribution in [0.25, 0.3) is 0 Å². The van der Waals surface area contributed by atoms with Crippen LogP contribution in [0, 0.1) is 11.6 Å². The highest BCUT2D eigenvalue weighted by molar-refractivity contribution is 6.12. The van der Waals surface area contributed by atoms with Crippen molar-refractivity contribution in [2.75, 3.05) is 12.4 Å². The smallest absolute Gasteiger partial charge is 0.237 e. The van der Waals surface area contributed by atoms with Gasteiger partial charge in [-0.05, 0) is 35.9 Å². The summed E-state index contributed by atoms with van der Waals surface area (Å²) in [6, 6.07) is 8.29. The number of hydrogen-bond acceptors (Lipinski definition) is 3. The number of anilines is 1. The molecule has 1 aliphatic heterocycles. The van der Waals surface area contributed by atoms with Crippen LogP contribution in [0.1, 0.15) is 11.5 Å². The van der Waals surface area contributed by atoms with E-state index in [0.29, 0.717) is 16.9 Å². The highest BCUT2D eigenvalue weighted by Gasteiger charge is 2.29. The molecule has 1 amide bonds. The summed E-state index contributed by atoms with van der Waals surface area (Å²) in [5.74, 6) is -1.84. The van der Waals surface area contributed by atoms with E-state index >= 15 is 0 Å². The van der Waals surface area contributed by atoms with Gasteiger partial charge in [-0.25, -0.2) is 8.78 Å². The van der Waals surface area contributed by atoms with Crippen LogP contribution in [0.3, 0.4) is 0 Å². The van der Waals surface area contributed by atoms with Crippen molar-refractivity contribution in [3.63, 3.8) is 0 Å². The molecule has 0 fully saturated rings. The normalized spacial score (nSPS) is 16.7. The third-order valence-electron chi connectivity index (χ3n) is 3.40. The largest absolute Gasteiger partial charge is 0.494 e. The van der Waals surface area contributed by atoms with Crippen molar-refractivity contribution in [3.05, 3.63) is 53.6 Å². The minimum Gasteiger partial charge on any atom is -0.494 e. The van der Waals surface area contributed by atoms with E-state index in [1.165, 1.54) is 43.7 Å². The predicted molar refractivity (Wildman–Crippen MR) is 78.9 cm³/mol. The van der Waals surface area contributed by atoms with E-state index in [0.717, 1.165) is 0 Å². The van der Waals surface area contributed by atoms with Gasteiger partial charge in [-0.2, -0.15) is 0 Å². The van der Waals surface area contributed by atoms with Gasteiger partial charge in [0.15, 0.2) is 11.6 Å². The van der Waals surface area contributed by atoms with E-state index in [1.54, 1.807) is 6.07 Å². The zero-order valence-electron chi connectivity index (χ0n) is 11.6. The fourth-order valence-electron chi connectivity index (χ4n) is 2.30. The molecule has 22 heavy (non-hydrogen) atoms. The molecular formula is C16H12F2N2O2. The van der Waals surface area contributed by atoms with Crippen LogP contribution < -0.4 is 10.1 Å². The first kappa shape index (κ1) is 14.2. The Morgan fingerprint density at radius 2 is 2.05 bits per heavy atom. The van der Waals surface area contributed by atoms with Gasteiger partial charge >= 0.3 is 0 Å². The first-order chi connectivity index (χ1) is 10.6. The van der Waals surface area contributed by atoms with E-state index in [-0.39, 0.29) is 11.7 Å². The zero-order chi connectivity index (χ0) is 15.7. The molecule has 1 heterocycles. The van der Waals surface area contributed by atoms with Crippen molar-refractivity contribution < 1.29 is 18.3 Å². The molecule has 1 N–H and O–H groups in total. The van der Waals surface area contributed by atoms with E-state index in [1.807, 2.05) is 0 Å². The molecule has 3 rings (SSSR count). The summed E-state index contributed by atoms with van der Waals surface area (Å²) in [5.41, 5.74) is 1.42. The minimum atomic E-state index is -0.698. The van der Waals surface area contributed by atoms with Gasteiger partial charge in [0.25, 0.3) is 0 Å². The molecule has 0 spiro atoms. The Labute approximate surface area is 125 Å². The van der Waals surface area contributed by atoms with Crippen molar-refractivity contribution in [1.82, 2.24) is 0 Å². The molecule has 4 nitrogen and oxygen atoms in total. The lowest BCUT2D eigenvalue weighted by Gasteiger charge is -2.04. The molecule has 0 aromatic heterocycles. The van der Waals surface area contributed by atoms with Crippen LogP contribution in [-0.2, 0) is 4.79 Å². The van der Waals surface area contributed by atoms with Crippen molar-refractivity contribution in [1.29, 1.82) is 0 Å². The second kappa shape index (κ2) is 5.55. The van der Waals surface area contributed by atoms with E-state index in [4.69, 9.17) is 4.74 Å². The van der Waals surface area contributed by atoms with E-state index < -0.39 is 17.6 Å². The molecular weight excluding hydrogens is 290 g/mol. The average molecular weight is 302 g/mol. The lowest BCUT2D eigenvalue weighted by molar-refractivity contribution is -0.115. The second-order valence-electron chi connectivity index (χ2n) is 4.80. The predicted octanol–water partition coefficient (Wildman–Crippen LogP) is 3.41. The van der Waals surface area contributed by atoms with Gasteiger partial charge in [0.05, 0.1) is 12.8 Å². The highest BCUT2D eigenvalue weighted by Crippen LogP contribution is 2.32. The molecule has 0 saturated heterocycles. The first-order valence-corrected chi connectivity index (χ1v) is 6.56. The number of nitrogens with zero attached hydrogens (tertiary/aromatic N) is 1. The van der Waals surface area contributed by atoms with Crippen molar-refractivity contribution >= 4 is 23.5 Å². The number of carbonyl (C=O) groups is 1. The summed E-state index contributed by atoms with van der Waals surface area (Å²) >= 11 is 0. The van der Waals surface area contributed by atoms with Gasteiger partial charge in [-0.3, -0.25) is 9.79 Å². The molecule has 2 aromatic carbocycles. The Morgan fingerprint density at radius 3 is 2.77 bits per heavy atom. The van der Waals surface area contributed by atoms with Crippen LogP contribution >= 0.6 is 0 Å². The maximum absolute atomic E-state index is 13.6. The summed E-state index contributed by atoms with van der Waals surface area (Å²) < 4.78 is 31.7. The summed E-state index contributed by atoms with van der Waals surface area (Å²) in [4.78, 5) is 16.0. The first-order valence-electron chi connectivity index (χ1n) is 6.56. The number of amides is 1. The average Bonchev–Trinajstić information content (AvgIpc) is 2.80. The van der Waals surface area contributed by atoms with Gasteiger partial charge < -0.3 is 10.1 Å². The van der Waals surface area contributed by atoms with Crippen LogP contribution in [0.4, 0.5) is 20.2 Å². The molecule has 112 valence electrons. The van der Waals surface area contributed by atoms with Crippen LogP contribution in [0.5, 0.6) is 5.75 Å². The van der Waals surface area contributed by atoms with Crippen LogP contribution in [0.2, 0.25) is 0 Å². The minimum absolute atomic E-state index is 0.116. The Kier molecular flexibility index (Phi) is 3.58. The number of ether oxygens (including phenoxy) is 1. The molecule has 0 aliphatic carbocycles. The molecule has 2 aromatic rings. The Balaban J connectivity index is 1.89. The highest BCUT2D eigenvalue weighted by atomic mass is 19.1. The molecule has 1 aliphatic rings. The fraction of sp³-hybridized carbons (Fsp3) is 0.125. The molecule has 0 saturated carbocycles. The summed E-state index contributed by atoms with van der Waals surface area (Å²) in [6.07, 6.45) is 1.38. The number of nitrogens with one attached hydrogen (secondary N) is 1. The third kappa shape index (κ3) is 2.55. The number of halogens is 2. The maximum atomic E-state index is 13.6. The summed E-state index contributed by atoms with van der Waals surface area (Å²) in [7, 11) is 1.37. The maximum Gasteiger partial charge on any atom is 0.237 e. The fourth-order valence-corrected chi connectivity index (χ4v) is 2.30. The lowest BCUT2D eigenvalue weighted by atomic mass is 10.0. The third-order valence-corrected chi connectivity index (χ3v) is 3.40. The van der Waals surface area contributed by atoms with Gasteiger partial charge in [0, 0.05) is 18.0 Å². The molecule has 0 radical (unpaired) electrons. The van der Waals surface area contributed by atoms with Crippen molar-refractivity contribution in [2.45, 2.75) is 5.92 Å². The van der Waals surface area contributed by atoms with Crippen molar-refractivity contribution in [2.24, 2.45) is 4.99 Å². The molecule has 0 bridgehead atoms. The second-order valence-corrected chi connectivity index (χ2v) is 4.80. The molecule has 1 atom stereocenters. The zero-order valence-corrected chi connectivity index (χ0v) is 11.6. The Morgan fingerprint density at radius 1 is 1.23 bits per heavy atom. The monoisotopic (exact) mass is 302 g/mol. The van der Waals surface area contributed by atoms with Gasteiger partial charge in [0.2, 0.25) is 5.91 Å². The number of hydrogen-bond donors (Lipinski definition) is 1. The number of carbonyl (C=O) groups excluding carboxylic acids is 1. The van der Waals surface area contributed by atoms with Crippen LogP contribution in [0.15, 0.2) is 41.4 Å². The topological polar surface area (TPSA) is 50.7 Å². The summed E-state index contributed by atoms with van der Waals surface area (Å²) in [6.45, 7) is 0. The summed E-state index contributed by atoms with van der Waals surface area (Å²) in [5, 5.41) is 2.65. The lowest BCUT2D eigenvalue weighted by Crippen LogP contribution is -2.12. The Bertz CT molecular complexity index is 775. The standard InChI is InChI=1S/C16H12F2N2O2/c1-22-15-5-3-10(7-13(15)18)19-8-12-11-6-9(17)2-4-14(11)20-16(12)21/h2-8,12H,1H3,(H,20,21). The van der Waals surface area contributed by atoms with Gasteiger partial charge in [-0.15, -0.1) is 0 Å². The van der Waals surface area contributed by atoms with Gasteiger partial charge in [-0.1, -0.05) is 0 Å². The number of benzene rings is 2.